The van der Waals surface area contributed by atoms with Gasteiger partial charge in [0, 0.05) is 11.8 Å². The van der Waals surface area contributed by atoms with Gasteiger partial charge in [-0.25, -0.2) is 0 Å². The van der Waals surface area contributed by atoms with E-state index in [0.29, 0.717) is 0 Å². The lowest BCUT2D eigenvalue weighted by Crippen LogP contribution is -2.33. The van der Waals surface area contributed by atoms with Crippen LogP contribution >= 0.6 is 11.3 Å². The summed E-state index contributed by atoms with van der Waals surface area (Å²) in [7, 11) is 0. The lowest BCUT2D eigenvalue weighted by atomic mass is 9.89. The van der Waals surface area contributed by atoms with Crippen LogP contribution in [0.2, 0.25) is 0 Å². The van der Waals surface area contributed by atoms with Crippen molar-refractivity contribution in [2.24, 2.45) is 5.41 Å². The normalized spacial score (nSPS) is 12.2. The molecule has 0 atom stereocenters. The molecule has 0 aliphatic carbocycles. The topological polar surface area (TPSA) is 92.2 Å². The van der Waals surface area contributed by atoms with Crippen molar-refractivity contribution in [1.29, 1.82) is 0 Å². The van der Waals surface area contributed by atoms with Crippen molar-refractivity contribution in [2.75, 3.05) is 0 Å². The fraction of sp³-hybridized carbons (Fsp3) is 0.692. The molecule has 0 bridgehead atoms. The molecule has 1 rings (SSSR count). The summed E-state index contributed by atoms with van der Waals surface area (Å²) >= 11 is 1.45. The predicted octanol–water partition coefficient (Wildman–Crippen LogP) is 1.95. The second kappa shape index (κ2) is 5.87. The minimum atomic E-state index is -1.07. The van der Waals surface area contributed by atoms with E-state index in [4.69, 9.17) is 5.11 Å². The summed E-state index contributed by atoms with van der Waals surface area (Å²) in [4.78, 5) is 22.7. The molecule has 112 valence electrons. The molecule has 0 fully saturated rings. The van der Waals surface area contributed by atoms with Crippen molar-refractivity contribution < 1.29 is 14.7 Å². The van der Waals surface area contributed by atoms with Crippen LogP contribution in [0.5, 0.6) is 0 Å². The molecule has 0 aromatic carbocycles. The number of aliphatic carboxylic acids is 1. The maximum atomic E-state index is 11.7. The van der Waals surface area contributed by atoms with Gasteiger partial charge in [0.1, 0.15) is 10.0 Å². The Morgan fingerprint density at radius 2 is 1.80 bits per heavy atom. The molecular weight excluding hydrogens is 278 g/mol. The van der Waals surface area contributed by atoms with Crippen LogP contribution < -0.4 is 5.32 Å². The van der Waals surface area contributed by atoms with E-state index in [2.05, 4.69) is 15.5 Å². The van der Waals surface area contributed by atoms with Crippen molar-refractivity contribution in [3.8, 4) is 0 Å². The molecular formula is C13H21N3O3S. The van der Waals surface area contributed by atoms with E-state index in [1.807, 2.05) is 20.8 Å². The molecule has 1 amide bonds. The highest BCUT2D eigenvalue weighted by Gasteiger charge is 2.30. The van der Waals surface area contributed by atoms with Gasteiger partial charge in [-0.05, 0) is 13.8 Å². The summed E-state index contributed by atoms with van der Waals surface area (Å²) in [5.41, 5.74) is -1.13. The molecule has 20 heavy (non-hydrogen) atoms. The van der Waals surface area contributed by atoms with Crippen LogP contribution in [0.3, 0.4) is 0 Å². The number of carboxylic acids is 1. The summed E-state index contributed by atoms with van der Waals surface area (Å²) in [6, 6.07) is 0. The van der Waals surface area contributed by atoms with Gasteiger partial charge in [-0.15, -0.1) is 10.2 Å². The second-order valence-electron chi connectivity index (χ2n) is 6.39. The molecule has 0 spiro atoms. The first-order valence-corrected chi connectivity index (χ1v) is 7.17. The summed E-state index contributed by atoms with van der Waals surface area (Å²) < 4.78 is 0. The molecule has 0 unspecified atom stereocenters. The minimum absolute atomic E-state index is 0.0622. The second-order valence-corrected chi connectivity index (χ2v) is 7.46. The quantitative estimate of drug-likeness (QED) is 0.867. The molecule has 7 heteroatoms. The van der Waals surface area contributed by atoms with E-state index >= 15 is 0 Å². The third kappa shape index (κ3) is 4.56. The van der Waals surface area contributed by atoms with Crippen molar-refractivity contribution >= 4 is 23.2 Å². The number of hydrogen-bond donors (Lipinski definition) is 2. The number of nitrogens with one attached hydrogen (secondary N) is 1. The van der Waals surface area contributed by atoms with Crippen LogP contribution in [0.1, 0.15) is 51.1 Å². The van der Waals surface area contributed by atoms with Crippen molar-refractivity contribution in [3.05, 3.63) is 10.0 Å². The van der Waals surface area contributed by atoms with Gasteiger partial charge in [-0.2, -0.15) is 0 Å². The standard InChI is InChI=1S/C13H21N3O3S/c1-12(2,3)10-16-15-9(20-10)7-14-8(17)6-13(4,5)11(18)19/h6-7H2,1-5H3,(H,14,17)(H,18,19). The van der Waals surface area contributed by atoms with Crippen LogP contribution in [0, 0.1) is 5.41 Å². The summed E-state index contributed by atoms with van der Waals surface area (Å²) in [6.07, 6.45) is -0.0622. The van der Waals surface area contributed by atoms with Crippen LogP contribution in [-0.4, -0.2) is 27.2 Å². The molecule has 1 aromatic heterocycles. The van der Waals surface area contributed by atoms with Crippen molar-refractivity contribution in [1.82, 2.24) is 15.5 Å². The Kier molecular flexibility index (Phi) is 4.86. The summed E-state index contributed by atoms with van der Waals surface area (Å²) in [5, 5.41) is 21.4. The van der Waals surface area contributed by atoms with Crippen molar-refractivity contribution in [3.63, 3.8) is 0 Å². The van der Waals surface area contributed by atoms with Gasteiger partial charge in [-0.1, -0.05) is 32.1 Å². The Hall–Kier alpha value is -1.50. The van der Waals surface area contributed by atoms with E-state index in [1.165, 1.54) is 25.2 Å². The van der Waals surface area contributed by atoms with Crippen LogP contribution in [0.4, 0.5) is 0 Å². The number of amides is 1. The Labute approximate surface area is 122 Å². The highest BCUT2D eigenvalue weighted by atomic mass is 32.1. The van der Waals surface area contributed by atoms with Gasteiger partial charge >= 0.3 is 5.97 Å². The average Bonchev–Trinajstić information content (AvgIpc) is 2.73. The first-order chi connectivity index (χ1) is 9.02. The van der Waals surface area contributed by atoms with E-state index in [9.17, 15) is 9.59 Å². The van der Waals surface area contributed by atoms with Crippen LogP contribution in [0.25, 0.3) is 0 Å². The fourth-order valence-corrected chi connectivity index (χ4v) is 2.18. The predicted molar refractivity (Wildman–Crippen MR) is 76.5 cm³/mol. The molecule has 2 N–H and O–H groups in total. The zero-order valence-corrected chi connectivity index (χ0v) is 13.3. The molecule has 0 aliphatic heterocycles. The van der Waals surface area contributed by atoms with E-state index < -0.39 is 11.4 Å². The number of carbonyl (C=O) groups is 2. The highest BCUT2D eigenvalue weighted by Crippen LogP contribution is 2.25. The van der Waals surface area contributed by atoms with E-state index in [-0.39, 0.29) is 24.3 Å². The summed E-state index contributed by atoms with van der Waals surface area (Å²) in [5.74, 6) is -1.29. The number of carbonyl (C=O) groups excluding carboxylic acids is 1. The maximum absolute atomic E-state index is 11.7. The lowest BCUT2D eigenvalue weighted by molar-refractivity contribution is -0.149. The average molecular weight is 299 g/mol. The van der Waals surface area contributed by atoms with Crippen LogP contribution in [0.15, 0.2) is 0 Å². The third-order valence-electron chi connectivity index (χ3n) is 2.73. The number of hydrogen-bond acceptors (Lipinski definition) is 5. The zero-order chi connectivity index (χ0) is 15.6. The largest absolute Gasteiger partial charge is 0.481 e. The van der Waals surface area contributed by atoms with Gasteiger partial charge in [-0.3, -0.25) is 9.59 Å². The monoisotopic (exact) mass is 299 g/mol. The van der Waals surface area contributed by atoms with Gasteiger partial charge in [0.25, 0.3) is 0 Å². The lowest BCUT2D eigenvalue weighted by Gasteiger charge is -2.17. The Morgan fingerprint density at radius 1 is 1.20 bits per heavy atom. The number of nitrogens with zero attached hydrogens (tertiary/aromatic N) is 2. The third-order valence-corrected chi connectivity index (χ3v) is 4.08. The highest BCUT2D eigenvalue weighted by molar-refractivity contribution is 7.11. The number of aromatic nitrogens is 2. The number of carboxylic acid groups (broad SMARTS) is 1. The maximum Gasteiger partial charge on any atom is 0.309 e. The Bertz CT molecular complexity index is 503. The molecule has 0 saturated carbocycles. The molecule has 0 saturated heterocycles. The Morgan fingerprint density at radius 3 is 2.25 bits per heavy atom. The van der Waals surface area contributed by atoms with Gasteiger partial charge in [0.2, 0.25) is 5.91 Å². The molecule has 1 aromatic rings. The van der Waals surface area contributed by atoms with E-state index in [0.717, 1.165) is 10.0 Å². The first-order valence-electron chi connectivity index (χ1n) is 6.35. The zero-order valence-electron chi connectivity index (χ0n) is 12.5. The minimum Gasteiger partial charge on any atom is -0.481 e. The fourth-order valence-electron chi connectivity index (χ4n) is 1.34. The smallest absolute Gasteiger partial charge is 0.309 e. The first kappa shape index (κ1) is 16.6. The molecule has 1 heterocycles. The summed E-state index contributed by atoms with van der Waals surface area (Å²) in [6.45, 7) is 9.47. The van der Waals surface area contributed by atoms with E-state index in [1.54, 1.807) is 0 Å². The molecule has 0 aliphatic rings. The molecule has 6 nitrogen and oxygen atoms in total. The Balaban J connectivity index is 2.54. The van der Waals surface area contributed by atoms with Crippen LogP contribution in [-0.2, 0) is 21.5 Å². The van der Waals surface area contributed by atoms with Crippen molar-refractivity contribution in [2.45, 2.75) is 53.0 Å². The SMILES string of the molecule is CC(C)(CC(=O)NCc1nnc(C(C)(C)C)s1)C(=O)O. The van der Waals surface area contributed by atoms with Gasteiger partial charge < -0.3 is 10.4 Å². The number of rotatable bonds is 5. The van der Waals surface area contributed by atoms with Gasteiger partial charge in [0.15, 0.2) is 0 Å². The van der Waals surface area contributed by atoms with Gasteiger partial charge in [0.05, 0.1) is 12.0 Å². The molecule has 0 radical (unpaired) electrons.